The number of fused-ring (bicyclic) bond motifs is 12. The lowest BCUT2D eigenvalue weighted by molar-refractivity contribution is 0.953. The van der Waals surface area contributed by atoms with E-state index in [9.17, 15) is 0 Å². The molecule has 260 valence electrons. The molecule has 0 amide bonds. The summed E-state index contributed by atoms with van der Waals surface area (Å²) in [6.07, 6.45) is 0. The molecule has 0 aliphatic carbocycles. The molecule has 3 aromatic heterocycles. The normalized spacial score (nSPS) is 11.9. The molecule has 0 saturated carbocycles. The van der Waals surface area contributed by atoms with Crippen molar-refractivity contribution in [1.29, 1.82) is 0 Å². The van der Waals surface area contributed by atoms with Gasteiger partial charge in [0.2, 0.25) is 5.95 Å². The molecule has 0 atom stereocenters. The Kier molecular flexibility index (Phi) is 6.56. The van der Waals surface area contributed by atoms with Crippen molar-refractivity contribution in [2.75, 3.05) is 0 Å². The van der Waals surface area contributed by atoms with Gasteiger partial charge < -0.3 is 4.57 Å². The van der Waals surface area contributed by atoms with Crippen LogP contribution in [0.1, 0.15) is 0 Å². The summed E-state index contributed by atoms with van der Waals surface area (Å²) in [5.74, 6) is 1.82. The van der Waals surface area contributed by atoms with E-state index in [0.717, 1.165) is 44.3 Å². The largest absolute Gasteiger partial charge is 0.307 e. The number of rotatable bonds is 4. The van der Waals surface area contributed by atoms with Crippen molar-refractivity contribution in [3.8, 4) is 34.4 Å². The summed E-state index contributed by atoms with van der Waals surface area (Å²) < 4.78 is 4.75. The van der Waals surface area contributed by atoms with Crippen LogP contribution in [0.5, 0.6) is 0 Å². The monoisotopic (exact) mass is 713 g/mol. The second-order valence-electron chi connectivity index (χ2n) is 14.4. The fourth-order valence-corrected chi connectivity index (χ4v) is 8.82. The molecule has 12 rings (SSSR count). The Bertz CT molecular complexity index is 3470. The maximum absolute atomic E-state index is 5.34. The molecule has 0 bridgehead atoms. The van der Waals surface area contributed by atoms with E-state index >= 15 is 0 Å². The van der Waals surface area contributed by atoms with E-state index in [0.29, 0.717) is 17.6 Å². The van der Waals surface area contributed by atoms with Crippen LogP contribution in [0.15, 0.2) is 188 Å². The first-order chi connectivity index (χ1) is 27.8. The molecule has 0 saturated heterocycles. The first-order valence-corrected chi connectivity index (χ1v) is 19.0. The summed E-state index contributed by atoms with van der Waals surface area (Å²) in [6.45, 7) is 0. The first kappa shape index (κ1) is 30.8. The van der Waals surface area contributed by atoms with E-state index in [-0.39, 0.29) is 0 Å². The highest BCUT2D eigenvalue weighted by Crippen LogP contribution is 2.45. The fraction of sp³-hybridized carbons (Fsp3) is 0. The molecule has 5 nitrogen and oxygen atoms in total. The number of nitrogens with zero attached hydrogens (tertiary/aromatic N) is 5. The van der Waals surface area contributed by atoms with Crippen LogP contribution in [-0.2, 0) is 0 Å². The van der Waals surface area contributed by atoms with Gasteiger partial charge in [-0.1, -0.05) is 164 Å². The molecule has 0 aliphatic rings. The Morgan fingerprint density at radius 1 is 0.321 bits per heavy atom. The van der Waals surface area contributed by atoms with Crippen molar-refractivity contribution in [2.24, 2.45) is 0 Å². The number of benzene rings is 9. The smallest absolute Gasteiger partial charge is 0.238 e. The minimum absolute atomic E-state index is 0.570. The predicted octanol–water partition coefficient (Wildman–Crippen LogP) is 12.9. The molecule has 0 aliphatic heterocycles. The van der Waals surface area contributed by atoms with E-state index in [1.54, 1.807) is 0 Å². The van der Waals surface area contributed by atoms with Crippen LogP contribution >= 0.6 is 0 Å². The predicted molar refractivity (Wildman–Crippen MR) is 232 cm³/mol. The topological polar surface area (TPSA) is 48.5 Å². The van der Waals surface area contributed by atoms with Crippen LogP contribution in [-0.4, -0.2) is 24.1 Å². The van der Waals surface area contributed by atoms with Gasteiger partial charge in [-0.25, -0.2) is 4.98 Å². The van der Waals surface area contributed by atoms with Crippen LogP contribution in [0.25, 0.3) is 110 Å². The van der Waals surface area contributed by atoms with Crippen LogP contribution in [0.4, 0.5) is 0 Å². The zero-order chi connectivity index (χ0) is 36.7. The van der Waals surface area contributed by atoms with Gasteiger partial charge in [-0.15, -0.1) is 0 Å². The molecule has 0 fully saturated rings. The standard InChI is InChI=1S/C51H31N5/c1-3-16-35(17-4-1)49-52-50(36-18-5-2-6-19-36)54-51(53-49)56-44-30-25-34-15-10-12-22-40(34)46(44)42-28-27-41-45-39-21-11-9-14-33(39)24-29-43(45)55(47(41)48(42)56)38-26-23-32-13-7-8-20-37(32)31-38/h1-31H. The summed E-state index contributed by atoms with van der Waals surface area (Å²) in [4.78, 5) is 15.8. The van der Waals surface area contributed by atoms with Crippen molar-refractivity contribution in [2.45, 2.75) is 0 Å². The SMILES string of the molecule is c1ccc(-c2nc(-c3ccccc3)nc(-n3c4ccc5ccccc5c4c4ccc5c6c7ccccc7ccc6n(-c6ccc7ccccc7c6)c5c43)n2)cc1. The van der Waals surface area contributed by atoms with E-state index in [1.807, 2.05) is 36.4 Å². The highest BCUT2D eigenvalue weighted by Gasteiger charge is 2.25. The number of hydrogen-bond acceptors (Lipinski definition) is 3. The molecule has 5 heteroatoms. The van der Waals surface area contributed by atoms with Crippen molar-refractivity contribution >= 4 is 75.9 Å². The lowest BCUT2D eigenvalue weighted by atomic mass is 10.0. The maximum Gasteiger partial charge on any atom is 0.238 e. The fourth-order valence-electron chi connectivity index (χ4n) is 8.82. The summed E-state index contributed by atoms with van der Waals surface area (Å²) in [5, 5.41) is 11.9. The molecule has 9 aromatic carbocycles. The summed E-state index contributed by atoms with van der Waals surface area (Å²) in [6, 6.07) is 66.8. The quantitative estimate of drug-likeness (QED) is 0.182. The van der Waals surface area contributed by atoms with E-state index in [4.69, 9.17) is 15.0 Å². The van der Waals surface area contributed by atoms with Gasteiger partial charge in [0.05, 0.1) is 22.1 Å². The van der Waals surface area contributed by atoms with Crippen LogP contribution < -0.4 is 0 Å². The summed E-state index contributed by atoms with van der Waals surface area (Å²) in [7, 11) is 0. The molecule has 0 radical (unpaired) electrons. The molecule has 0 unspecified atom stereocenters. The Morgan fingerprint density at radius 3 is 1.38 bits per heavy atom. The summed E-state index contributed by atoms with van der Waals surface area (Å²) in [5.41, 5.74) is 7.30. The van der Waals surface area contributed by atoms with Crippen molar-refractivity contribution in [1.82, 2.24) is 24.1 Å². The van der Waals surface area contributed by atoms with E-state index in [2.05, 4.69) is 161 Å². The van der Waals surface area contributed by atoms with Crippen molar-refractivity contribution in [3.05, 3.63) is 188 Å². The Hall–Kier alpha value is -7.63. The molecular weight excluding hydrogens is 683 g/mol. The Morgan fingerprint density at radius 2 is 0.786 bits per heavy atom. The third-order valence-corrected chi connectivity index (χ3v) is 11.3. The van der Waals surface area contributed by atoms with Gasteiger partial charge in [-0.3, -0.25) is 4.57 Å². The number of hydrogen-bond donors (Lipinski definition) is 0. The average Bonchev–Trinajstić information content (AvgIpc) is 3.80. The maximum atomic E-state index is 5.34. The van der Waals surface area contributed by atoms with Gasteiger partial charge in [0.1, 0.15) is 0 Å². The van der Waals surface area contributed by atoms with Crippen LogP contribution in [0.2, 0.25) is 0 Å². The molecule has 3 heterocycles. The van der Waals surface area contributed by atoms with E-state index in [1.165, 1.54) is 48.5 Å². The first-order valence-electron chi connectivity index (χ1n) is 19.0. The Balaban J connectivity index is 1.32. The molecule has 0 spiro atoms. The zero-order valence-electron chi connectivity index (χ0n) is 30.1. The second kappa shape index (κ2) is 11.9. The van der Waals surface area contributed by atoms with E-state index < -0.39 is 0 Å². The van der Waals surface area contributed by atoms with Gasteiger partial charge in [-0.05, 0) is 56.6 Å². The van der Waals surface area contributed by atoms with Gasteiger partial charge in [0.15, 0.2) is 11.6 Å². The second-order valence-corrected chi connectivity index (χ2v) is 14.4. The average molecular weight is 714 g/mol. The lowest BCUT2D eigenvalue weighted by Crippen LogP contribution is -2.07. The third kappa shape index (κ3) is 4.52. The minimum atomic E-state index is 0.570. The summed E-state index contributed by atoms with van der Waals surface area (Å²) >= 11 is 0. The van der Waals surface area contributed by atoms with Crippen molar-refractivity contribution in [3.63, 3.8) is 0 Å². The number of aromatic nitrogens is 5. The molecule has 12 aromatic rings. The van der Waals surface area contributed by atoms with Gasteiger partial charge in [0.25, 0.3) is 0 Å². The minimum Gasteiger partial charge on any atom is -0.307 e. The van der Waals surface area contributed by atoms with Gasteiger partial charge in [-0.2, -0.15) is 9.97 Å². The molecule has 56 heavy (non-hydrogen) atoms. The Labute approximate surface area is 321 Å². The van der Waals surface area contributed by atoms with Gasteiger partial charge >= 0.3 is 0 Å². The highest BCUT2D eigenvalue weighted by atomic mass is 15.2. The third-order valence-electron chi connectivity index (χ3n) is 11.3. The van der Waals surface area contributed by atoms with Gasteiger partial charge in [0, 0.05) is 38.4 Å². The van der Waals surface area contributed by atoms with Crippen molar-refractivity contribution < 1.29 is 0 Å². The zero-order valence-corrected chi connectivity index (χ0v) is 30.1. The van der Waals surface area contributed by atoms with Crippen LogP contribution in [0.3, 0.4) is 0 Å². The molecule has 0 N–H and O–H groups in total. The van der Waals surface area contributed by atoms with Crippen LogP contribution in [0, 0.1) is 0 Å². The molecular formula is C51H31N5. The lowest BCUT2D eigenvalue weighted by Gasteiger charge is -2.14. The highest BCUT2D eigenvalue weighted by molar-refractivity contribution is 6.31.